The van der Waals surface area contributed by atoms with E-state index in [1.54, 1.807) is 36.9 Å². The van der Waals surface area contributed by atoms with E-state index in [0.717, 1.165) is 5.56 Å². The molecular formula is C13H12N6O2. The highest BCUT2D eigenvalue weighted by molar-refractivity contribution is 6.03. The van der Waals surface area contributed by atoms with E-state index in [2.05, 4.69) is 26.0 Å². The van der Waals surface area contributed by atoms with E-state index in [1.165, 1.54) is 0 Å². The third kappa shape index (κ3) is 2.64. The van der Waals surface area contributed by atoms with Crippen LogP contribution in [-0.2, 0) is 7.05 Å². The van der Waals surface area contributed by atoms with Crippen molar-refractivity contribution in [1.82, 2.24) is 25.4 Å². The summed E-state index contributed by atoms with van der Waals surface area (Å²) in [5.41, 5.74) is 1.66. The third-order valence-corrected chi connectivity index (χ3v) is 2.86. The molecule has 8 heteroatoms. The SMILES string of the molecule is Cc1cc(C(=O)Nc2cccc(-c3nnnn3C)c2)no1. The Morgan fingerprint density at radius 2 is 2.19 bits per heavy atom. The topological polar surface area (TPSA) is 98.7 Å². The summed E-state index contributed by atoms with van der Waals surface area (Å²) in [5, 5.41) is 17.7. The molecule has 0 saturated carbocycles. The number of tetrazole rings is 1. The van der Waals surface area contributed by atoms with Crippen molar-refractivity contribution < 1.29 is 9.32 Å². The summed E-state index contributed by atoms with van der Waals surface area (Å²) in [5.74, 6) is 0.863. The van der Waals surface area contributed by atoms with Crippen LogP contribution < -0.4 is 5.32 Å². The number of benzene rings is 1. The molecule has 3 rings (SSSR count). The van der Waals surface area contributed by atoms with Crippen molar-refractivity contribution >= 4 is 11.6 Å². The van der Waals surface area contributed by atoms with Gasteiger partial charge in [-0.05, 0) is 29.5 Å². The molecule has 0 aliphatic carbocycles. The van der Waals surface area contributed by atoms with E-state index in [1.807, 2.05) is 12.1 Å². The molecule has 3 aromatic rings. The number of nitrogens with one attached hydrogen (secondary N) is 1. The Kier molecular flexibility index (Phi) is 3.19. The van der Waals surface area contributed by atoms with Crippen molar-refractivity contribution in [2.45, 2.75) is 6.92 Å². The lowest BCUT2D eigenvalue weighted by Crippen LogP contribution is -2.12. The van der Waals surface area contributed by atoms with Gasteiger partial charge in [0.1, 0.15) is 5.76 Å². The van der Waals surface area contributed by atoms with Gasteiger partial charge in [0.15, 0.2) is 11.5 Å². The Balaban J connectivity index is 1.84. The predicted molar refractivity (Wildman–Crippen MR) is 73.4 cm³/mol. The second-order valence-electron chi connectivity index (χ2n) is 4.48. The minimum Gasteiger partial charge on any atom is -0.361 e. The van der Waals surface area contributed by atoms with Crippen LogP contribution in [0.15, 0.2) is 34.9 Å². The number of hydrogen-bond acceptors (Lipinski definition) is 6. The van der Waals surface area contributed by atoms with Crippen molar-refractivity contribution in [2.24, 2.45) is 7.05 Å². The minimum absolute atomic E-state index is 0.234. The second-order valence-corrected chi connectivity index (χ2v) is 4.48. The summed E-state index contributed by atoms with van der Waals surface area (Å²) < 4.78 is 6.44. The van der Waals surface area contributed by atoms with E-state index < -0.39 is 0 Å². The van der Waals surface area contributed by atoms with Gasteiger partial charge in [-0.1, -0.05) is 17.3 Å². The van der Waals surface area contributed by atoms with Crippen LogP contribution in [0.3, 0.4) is 0 Å². The van der Waals surface area contributed by atoms with Crippen LogP contribution >= 0.6 is 0 Å². The highest BCUT2D eigenvalue weighted by atomic mass is 16.5. The molecular weight excluding hydrogens is 272 g/mol. The number of amides is 1. The van der Waals surface area contributed by atoms with Crippen molar-refractivity contribution in [2.75, 3.05) is 5.32 Å². The summed E-state index contributed by atoms with van der Waals surface area (Å²) in [6.07, 6.45) is 0. The van der Waals surface area contributed by atoms with Gasteiger partial charge in [-0.25, -0.2) is 4.68 Å². The molecule has 1 amide bonds. The van der Waals surface area contributed by atoms with Gasteiger partial charge in [-0.3, -0.25) is 4.79 Å². The van der Waals surface area contributed by atoms with E-state index in [-0.39, 0.29) is 11.6 Å². The molecule has 2 heterocycles. The zero-order valence-electron chi connectivity index (χ0n) is 11.4. The Bertz CT molecular complexity index is 791. The first-order valence-corrected chi connectivity index (χ1v) is 6.21. The summed E-state index contributed by atoms with van der Waals surface area (Å²) in [7, 11) is 1.75. The van der Waals surface area contributed by atoms with Gasteiger partial charge in [0, 0.05) is 24.4 Å². The number of rotatable bonds is 3. The fraction of sp³-hybridized carbons (Fsp3) is 0.154. The van der Waals surface area contributed by atoms with Crippen LogP contribution in [0.1, 0.15) is 16.2 Å². The lowest BCUT2D eigenvalue weighted by molar-refractivity contribution is 0.101. The van der Waals surface area contributed by atoms with E-state index >= 15 is 0 Å². The maximum atomic E-state index is 12.0. The molecule has 0 aliphatic heterocycles. The quantitative estimate of drug-likeness (QED) is 0.781. The van der Waals surface area contributed by atoms with Crippen LogP contribution in [0.4, 0.5) is 5.69 Å². The average Bonchev–Trinajstić information content (AvgIpc) is 3.08. The molecule has 0 saturated heterocycles. The first-order chi connectivity index (χ1) is 10.1. The first-order valence-electron chi connectivity index (χ1n) is 6.21. The summed E-state index contributed by atoms with van der Waals surface area (Å²) >= 11 is 0. The van der Waals surface area contributed by atoms with Gasteiger partial charge < -0.3 is 9.84 Å². The van der Waals surface area contributed by atoms with Gasteiger partial charge in [-0.15, -0.1) is 5.10 Å². The first kappa shape index (κ1) is 13.0. The zero-order valence-corrected chi connectivity index (χ0v) is 11.4. The molecule has 21 heavy (non-hydrogen) atoms. The lowest BCUT2D eigenvalue weighted by atomic mass is 10.2. The number of carbonyl (C=O) groups excluding carboxylic acids is 1. The minimum atomic E-state index is -0.333. The number of anilines is 1. The van der Waals surface area contributed by atoms with Crippen molar-refractivity contribution in [1.29, 1.82) is 0 Å². The summed E-state index contributed by atoms with van der Waals surface area (Å²) in [4.78, 5) is 12.0. The maximum Gasteiger partial charge on any atom is 0.277 e. The van der Waals surface area contributed by atoms with Crippen LogP contribution in [0, 0.1) is 6.92 Å². The van der Waals surface area contributed by atoms with Crippen molar-refractivity contribution in [3.63, 3.8) is 0 Å². The van der Waals surface area contributed by atoms with Gasteiger partial charge in [-0.2, -0.15) is 0 Å². The number of carbonyl (C=O) groups is 1. The number of hydrogen-bond donors (Lipinski definition) is 1. The molecule has 0 aliphatic rings. The largest absolute Gasteiger partial charge is 0.361 e. The maximum absolute atomic E-state index is 12.0. The normalized spacial score (nSPS) is 10.6. The number of aromatic nitrogens is 5. The zero-order chi connectivity index (χ0) is 14.8. The predicted octanol–water partition coefficient (Wildman–Crippen LogP) is 1.43. The van der Waals surface area contributed by atoms with Crippen LogP contribution in [-0.4, -0.2) is 31.3 Å². The lowest BCUT2D eigenvalue weighted by Gasteiger charge is -2.05. The molecule has 8 nitrogen and oxygen atoms in total. The summed E-state index contributed by atoms with van der Waals surface area (Å²) in [6.45, 7) is 1.73. The molecule has 0 unspecified atom stereocenters. The fourth-order valence-corrected chi connectivity index (χ4v) is 1.88. The van der Waals surface area contributed by atoms with Gasteiger partial charge in [0.05, 0.1) is 0 Å². The smallest absolute Gasteiger partial charge is 0.277 e. The second kappa shape index (κ2) is 5.16. The molecule has 0 bridgehead atoms. The van der Waals surface area contributed by atoms with Gasteiger partial charge in [0.2, 0.25) is 0 Å². The van der Waals surface area contributed by atoms with E-state index in [0.29, 0.717) is 17.3 Å². The third-order valence-electron chi connectivity index (χ3n) is 2.86. The van der Waals surface area contributed by atoms with E-state index in [4.69, 9.17) is 4.52 Å². The standard InChI is InChI=1S/C13H12N6O2/c1-8-6-11(16-21-8)13(20)14-10-5-3-4-9(7-10)12-15-17-18-19(12)2/h3-7H,1-2H3,(H,14,20). The van der Waals surface area contributed by atoms with Crippen LogP contribution in [0.2, 0.25) is 0 Å². The van der Waals surface area contributed by atoms with E-state index in [9.17, 15) is 4.79 Å². The monoisotopic (exact) mass is 284 g/mol. The molecule has 2 aromatic heterocycles. The van der Waals surface area contributed by atoms with Crippen LogP contribution in [0.5, 0.6) is 0 Å². The van der Waals surface area contributed by atoms with Gasteiger partial charge >= 0.3 is 0 Å². The number of aryl methyl sites for hydroxylation is 2. The molecule has 0 radical (unpaired) electrons. The number of nitrogens with zero attached hydrogens (tertiary/aromatic N) is 5. The van der Waals surface area contributed by atoms with Gasteiger partial charge in [0.25, 0.3) is 5.91 Å². The average molecular weight is 284 g/mol. The Labute approximate surface area is 119 Å². The molecule has 1 aromatic carbocycles. The Morgan fingerprint density at radius 1 is 1.33 bits per heavy atom. The fourth-order valence-electron chi connectivity index (χ4n) is 1.88. The Morgan fingerprint density at radius 3 is 2.86 bits per heavy atom. The molecule has 0 atom stereocenters. The highest BCUT2D eigenvalue weighted by Crippen LogP contribution is 2.20. The molecule has 0 spiro atoms. The molecule has 0 fully saturated rings. The molecule has 1 N–H and O–H groups in total. The van der Waals surface area contributed by atoms with Crippen molar-refractivity contribution in [3.8, 4) is 11.4 Å². The molecule has 106 valence electrons. The van der Waals surface area contributed by atoms with Crippen molar-refractivity contribution in [3.05, 3.63) is 41.8 Å². The highest BCUT2D eigenvalue weighted by Gasteiger charge is 2.12. The summed E-state index contributed by atoms with van der Waals surface area (Å²) in [6, 6.07) is 8.82. The Hall–Kier alpha value is -3.03. The van der Waals surface area contributed by atoms with Crippen LogP contribution in [0.25, 0.3) is 11.4 Å².